The van der Waals surface area contributed by atoms with E-state index < -0.39 is 0 Å². The van der Waals surface area contributed by atoms with Crippen molar-refractivity contribution in [1.82, 2.24) is 0 Å². The van der Waals surface area contributed by atoms with Gasteiger partial charge in [-0.25, -0.2) is 0 Å². The maximum absolute atomic E-state index is 6.25. The van der Waals surface area contributed by atoms with Crippen LogP contribution < -0.4 is 5.73 Å². The van der Waals surface area contributed by atoms with Gasteiger partial charge < -0.3 is 5.73 Å². The van der Waals surface area contributed by atoms with E-state index in [9.17, 15) is 0 Å². The second-order valence-electron chi connectivity index (χ2n) is 4.54. The fourth-order valence-corrected chi connectivity index (χ4v) is 2.56. The summed E-state index contributed by atoms with van der Waals surface area (Å²) in [5.41, 5.74) is 9.16. The zero-order valence-electron chi connectivity index (χ0n) is 10.4. The van der Waals surface area contributed by atoms with E-state index in [-0.39, 0.29) is 0 Å². The molecule has 0 bridgehead atoms. The van der Waals surface area contributed by atoms with Gasteiger partial charge in [0.15, 0.2) is 0 Å². The van der Waals surface area contributed by atoms with Crippen molar-refractivity contribution in [2.45, 2.75) is 6.54 Å². The number of hydrogen-bond acceptors (Lipinski definition) is 1. The van der Waals surface area contributed by atoms with Crippen LogP contribution in [0, 0.1) is 0 Å². The van der Waals surface area contributed by atoms with Crippen molar-refractivity contribution in [2.75, 3.05) is 0 Å². The molecule has 3 aromatic rings. The lowest BCUT2D eigenvalue weighted by Gasteiger charge is -2.09. The van der Waals surface area contributed by atoms with E-state index >= 15 is 0 Å². The number of hydrogen-bond donors (Lipinski definition) is 1. The molecule has 1 nitrogen and oxygen atoms in total. The van der Waals surface area contributed by atoms with Crippen molar-refractivity contribution in [3.05, 3.63) is 71.2 Å². The molecule has 0 radical (unpaired) electrons. The van der Waals surface area contributed by atoms with Crippen LogP contribution in [0.4, 0.5) is 0 Å². The fraction of sp³-hybridized carbons (Fsp3) is 0.0588. The summed E-state index contributed by atoms with van der Waals surface area (Å²) < 4.78 is 0. The second-order valence-corrected chi connectivity index (χ2v) is 4.95. The highest BCUT2D eigenvalue weighted by Crippen LogP contribution is 2.32. The second kappa shape index (κ2) is 5.04. The first-order chi connectivity index (χ1) is 9.29. The van der Waals surface area contributed by atoms with Gasteiger partial charge in [-0.3, -0.25) is 0 Å². The van der Waals surface area contributed by atoms with E-state index in [0.29, 0.717) is 6.54 Å². The Morgan fingerprint density at radius 1 is 0.789 bits per heavy atom. The topological polar surface area (TPSA) is 26.0 Å². The molecule has 0 aliphatic heterocycles. The van der Waals surface area contributed by atoms with Gasteiger partial charge in [0.25, 0.3) is 0 Å². The van der Waals surface area contributed by atoms with Crippen molar-refractivity contribution in [3.63, 3.8) is 0 Å². The van der Waals surface area contributed by atoms with Crippen LogP contribution in [0.5, 0.6) is 0 Å². The van der Waals surface area contributed by atoms with Gasteiger partial charge in [0.1, 0.15) is 0 Å². The van der Waals surface area contributed by atoms with Crippen LogP contribution in [-0.4, -0.2) is 0 Å². The quantitative estimate of drug-likeness (QED) is 0.720. The Kier molecular flexibility index (Phi) is 3.24. The van der Waals surface area contributed by atoms with Crippen LogP contribution in [0.2, 0.25) is 5.02 Å². The number of rotatable bonds is 2. The van der Waals surface area contributed by atoms with Gasteiger partial charge in [-0.05, 0) is 28.1 Å². The highest BCUT2D eigenvalue weighted by atomic mass is 35.5. The largest absolute Gasteiger partial charge is 0.326 e. The molecule has 94 valence electrons. The molecule has 3 aromatic carbocycles. The molecule has 0 atom stereocenters. The Balaban J connectivity index is 2.21. The van der Waals surface area contributed by atoms with E-state index in [1.807, 2.05) is 18.2 Å². The fourth-order valence-electron chi connectivity index (χ4n) is 2.33. The summed E-state index contributed by atoms with van der Waals surface area (Å²) in [5, 5.41) is 3.05. The first kappa shape index (κ1) is 12.2. The van der Waals surface area contributed by atoms with Crippen LogP contribution in [0.25, 0.3) is 21.9 Å². The summed E-state index contributed by atoms with van der Waals surface area (Å²) in [7, 11) is 0. The molecule has 0 fully saturated rings. The Hall–Kier alpha value is -1.83. The third-order valence-corrected chi connectivity index (χ3v) is 3.70. The van der Waals surface area contributed by atoms with Crippen LogP contribution in [0.15, 0.2) is 60.7 Å². The van der Waals surface area contributed by atoms with Gasteiger partial charge in [-0.1, -0.05) is 66.2 Å². The monoisotopic (exact) mass is 267 g/mol. The zero-order chi connectivity index (χ0) is 13.2. The molecule has 3 rings (SSSR count). The van der Waals surface area contributed by atoms with Crippen LogP contribution in [-0.2, 0) is 6.54 Å². The van der Waals surface area contributed by atoms with Crippen LogP contribution >= 0.6 is 11.6 Å². The van der Waals surface area contributed by atoms with Crippen molar-refractivity contribution < 1.29 is 0 Å². The summed E-state index contributed by atoms with van der Waals surface area (Å²) in [4.78, 5) is 0. The highest BCUT2D eigenvalue weighted by Gasteiger charge is 2.06. The lowest BCUT2D eigenvalue weighted by molar-refractivity contribution is 1.07. The molecule has 2 heteroatoms. The molecule has 0 heterocycles. The molecule has 0 aliphatic rings. The van der Waals surface area contributed by atoms with E-state index in [0.717, 1.165) is 16.0 Å². The summed E-state index contributed by atoms with van der Waals surface area (Å²) >= 11 is 6.25. The molecule has 0 unspecified atom stereocenters. The number of fused-ring (bicyclic) bond motifs is 1. The van der Waals surface area contributed by atoms with Crippen LogP contribution in [0.3, 0.4) is 0 Å². The molecule has 0 spiro atoms. The average molecular weight is 268 g/mol. The van der Waals surface area contributed by atoms with Crippen molar-refractivity contribution >= 4 is 22.4 Å². The SMILES string of the molecule is NCc1ccc(-c2ccc(Cl)c3ccccc23)cc1. The van der Waals surface area contributed by atoms with E-state index in [1.54, 1.807) is 0 Å². The molecule has 0 saturated heterocycles. The molecule has 0 amide bonds. The zero-order valence-corrected chi connectivity index (χ0v) is 11.2. The Morgan fingerprint density at radius 2 is 1.47 bits per heavy atom. The maximum atomic E-state index is 6.25. The molecule has 19 heavy (non-hydrogen) atoms. The number of halogens is 1. The third-order valence-electron chi connectivity index (χ3n) is 3.37. The van der Waals surface area contributed by atoms with Gasteiger partial charge >= 0.3 is 0 Å². The summed E-state index contributed by atoms with van der Waals surface area (Å²) in [6.45, 7) is 0.571. The van der Waals surface area contributed by atoms with Crippen molar-refractivity contribution in [1.29, 1.82) is 0 Å². The maximum Gasteiger partial charge on any atom is 0.0484 e. The number of nitrogens with two attached hydrogens (primary N) is 1. The minimum atomic E-state index is 0.571. The minimum absolute atomic E-state index is 0.571. The van der Waals surface area contributed by atoms with Gasteiger partial charge in [-0.15, -0.1) is 0 Å². The molecule has 2 N–H and O–H groups in total. The normalized spacial score (nSPS) is 10.8. The standard InChI is InChI=1S/C17H14ClN/c18-17-10-9-14(15-3-1-2-4-16(15)17)13-7-5-12(11-19)6-8-13/h1-10H,11,19H2. The Labute approximate surface area is 117 Å². The summed E-state index contributed by atoms with van der Waals surface area (Å²) in [6, 6.07) is 20.6. The minimum Gasteiger partial charge on any atom is -0.326 e. The lowest BCUT2D eigenvalue weighted by atomic mass is 9.97. The number of benzene rings is 3. The predicted octanol–water partition coefficient (Wildman–Crippen LogP) is 4.62. The summed E-state index contributed by atoms with van der Waals surface area (Å²) in [5.74, 6) is 0. The summed E-state index contributed by atoms with van der Waals surface area (Å²) in [6.07, 6.45) is 0. The Morgan fingerprint density at radius 3 is 2.16 bits per heavy atom. The van der Waals surface area contributed by atoms with E-state index in [2.05, 4.69) is 42.5 Å². The van der Waals surface area contributed by atoms with E-state index in [1.165, 1.54) is 16.5 Å². The lowest BCUT2D eigenvalue weighted by Crippen LogP contribution is -1.95. The Bertz CT molecular complexity index is 717. The van der Waals surface area contributed by atoms with Crippen LogP contribution in [0.1, 0.15) is 5.56 Å². The molecule has 0 aromatic heterocycles. The molecule has 0 saturated carbocycles. The smallest absolute Gasteiger partial charge is 0.0484 e. The van der Waals surface area contributed by atoms with Gasteiger partial charge in [0, 0.05) is 17.0 Å². The average Bonchev–Trinajstić information content (AvgIpc) is 2.48. The van der Waals surface area contributed by atoms with Crippen molar-refractivity contribution in [3.8, 4) is 11.1 Å². The first-order valence-corrected chi connectivity index (χ1v) is 6.64. The third kappa shape index (κ3) is 2.23. The van der Waals surface area contributed by atoms with Crippen molar-refractivity contribution in [2.24, 2.45) is 5.73 Å². The molecular weight excluding hydrogens is 254 g/mol. The predicted molar refractivity (Wildman–Crippen MR) is 82.3 cm³/mol. The first-order valence-electron chi connectivity index (χ1n) is 6.26. The van der Waals surface area contributed by atoms with E-state index in [4.69, 9.17) is 17.3 Å². The van der Waals surface area contributed by atoms with Gasteiger partial charge in [0.2, 0.25) is 0 Å². The molecule has 0 aliphatic carbocycles. The molecular formula is C17H14ClN. The van der Waals surface area contributed by atoms with Gasteiger partial charge in [-0.2, -0.15) is 0 Å². The highest BCUT2D eigenvalue weighted by molar-refractivity contribution is 6.36. The van der Waals surface area contributed by atoms with Gasteiger partial charge in [0.05, 0.1) is 0 Å².